The van der Waals surface area contributed by atoms with Crippen molar-refractivity contribution in [2.45, 2.75) is 186 Å². The van der Waals surface area contributed by atoms with Crippen molar-refractivity contribution in [3.8, 4) is 11.5 Å². The van der Waals surface area contributed by atoms with Crippen LogP contribution in [0.5, 0.6) is 11.5 Å². The van der Waals surface area contributed by atoms with Crippen LogP contribution >= 0.6 is 0 Å². The third-order valence-electron chi connectivity index (χ3n) is 18.6. The van der Waals surface area contributed by atoms with Crippen molar-refractivity contribution < 1.29 is 75.9 Å². The van der Waals surface area contributed by atoms with Gasteiger partial charge in [0.1, 0.15) is 35.4 Å². The van der Waals surface area contributed by atoms with E-state index in [-0.39, 0.29) is 41.2 Å². The summed E-state index contributed by atoms with van der Waals surface area (Å²) in [5, 5.41) is 17.7. The molecule has 2 saturated carbocycles. The number of methoxy groups -OCH3 is 2. The summed E-state index contributed by atoms with van der Waals surface area (Å²) in [5.41, 5.74) is -6.45. The van der Waals surface area contributed by atoms with E-state index >= 15 is 14.4 Å². The number of ether oxygens (including phenoxy) is 7. The minimum Gasteiger partial charge on any atom is -0.497 e. The Balaban J connectivity index is 1.51. The summed E-state index contributed by atoms with van der Waals surface area (Å²) in [4.78, 5) is 89.6. The smallest absolute Gasteiger partial charge is 0.338 e. The van der Waals surface area contributed by atoms with Gasteiger partial charge in [-0.25, -0.2) is 9.59 Å². The monoisotopic (exact) mass is 1140 g/mol. The summed E-state index contributed by atoms with van der Waals surface area (Å²) in [5.74, 6) is -5.51. The zero-order chi connectivity index (χ0) is 58.8. The first kappa shape index (κ1) is 61.9. The molecule has 1 aliphatic heterocycles. The third-order valence-corrected chi connectivity index (χ3v) is 27.9. The summed E-state index contributed by atoms with van der Waals surface area (Å²) in [6, 6.07) is 24.8. The molecule has 2 bridgehead atoms. The van der Waals surface area contributed by atoms with Crippen LogP contribution in [0, 0.1) is 16.7 Å². The molecule has 80 heavy (non-hydrogen) atoms. The van der Waals surface area contributed by atoms with Gasteiger partial charge in [0, 0.05) is 43.7 Å². The molecule has 4 aliphatic rings. The molecule has 19 heteroatoms. The second-order valence-electron chi connectivity index (χ2n) is 22.8. The van der Waals surface area contributed by atoms with Crippen molar-refractivity contribution in [1.29, 1.82) is 0 Å². The molecule has 3 fully saturated rings. The maximum Gasteiger partial charge on any atom is 0.338 e. The molecule has 11 atom stereocenters. The molecule has 0 unspecified atom stereocenters. The summed E-state index contributed by atoms with van der Waals surface area (Å²) < 4.78 is 58.5. The van der Waals surface area contributed by atoms with Crippen LogP contribution in [-0.2, 0) is 51.7 Å². The standard InChI is InChI=1S/C61H83NO16Si2/c1-15-79(16-2,17-3)77-46-34-47-60(36-72-47,76-39(9)64)52-54(75-56(67)42-31-43(70-13)33-44(32-42)71-14)61(69)35-45(37(7)48(58(61,10)11)50(73-38(8)63)53(65)59(46,52)12)74-57(68)51(78-80(18-4,19-5)20-6)49(40-27-23-21-24-28-40)62-55(66)41-29-25-22-26-30-41/h21-33,45-47,49-52,54,69H,15-20,34-36H2,1-14H3,(H,62,66)/t45-,46-,47+,49-,50+,51+,52-,54-,59+,60-,61+/m0/s1. The Bertz CT molecular complexity index is 2760. The number of carbonyl (C=O) groups is 6. The Morgan fingerprint density at radius 3 is 1.81 bits per heavy atom. The number of Topliss-reactive ketones (excluding diaryl/α,β-unsaturated/α-hetero) is 1. The van der Waals surface area contributed by atoms with Gasteiger partial charge in [-0.15, -0.1) is 0 Å². The highest BCUT2D eigenvalue weighted by Crippen LogP contribution is 2.65. The largest absolute Gasteiger partial charge is 0.497 e. The van der Waals surface area contributed by atoms with Crippen LogP contribution in [0.1, 0.15) is 128 Å². The topological polar surface area (TPSA) is 218 Å². The first-order chi connectivity index (χ1) is 37.9. The number of fused-ring (bicyclic) bond motifs is 5. The molecular weight excluding hydrogens is 1060 g/mol. The van der Waals surface area contributed by atoms with E-state index in [4.69, 9.17) is 42.0 Å². The average molecular weight is 1140 g/mol. The maximum atomic E-state index is 16.7. The van der Waals surface area contributed by atoms with Gasteiger partial charge >= 0.3 is 23.9 Å². The Morgan fingerprint density at radius 1 is 0.750 bits per heavy atom. The third kappa shape index (κ3) is 11.2. The highest BCUT2D eigenvalue weighted by molar-refractivity contribution is 6.74. The van der Waals surface area contributed by atoms with E-state index in [1.54, 1.807) is 88.4 Å². The van der Waals surface area contributed by atoms with E-state index in [9.17, 15) is 19.5 Å². The zero-order valence-electron chi connectivity index (χ0n) is 49.1. The Morgan fingerprint density at radius 2 is 1.31 bits per heavy atom. The molecule has 436 valence electrons. The number of benzene rings is 3. The van der Waals surface area contributed by atoms with Gasteiger partial charge in [0.25, 0.3) is 5.91 Å². The number of esters is 4. The van der Waals surface area contributed by atoms with Crippen LogP contribution in [0.3, 0.4) is 0 Å². The van der Waals surface area contributed by atoms with Gasteiger partial charge in [-0.05, 0) is 91.1 Å². The van der Waals surface area contributed by atoms with E-state index in [1.165, 1.54) is 40.2 Å². The van der Waals surface area contributed by atoms with E-state index < -0.39 is 129 Å². The second kappa shape index (κ2) is 24.4. The van der Waals surface area contributed by atoms with Crippen LogP contribution in [0.15, 0.2) is 90.0 Å². The fourth-order valence-electron chi connectivity index (χ4n) is 13.4. The molecule has 0 aromatic heterocycles. The first-order valence-electron chi connectivity index (χ1n) is 28.2. The van der Waals surface area contributed by atoms with Gasteiger partial charge in [0.05, 0.1) is 49.9 Å². The summed E-state index contributed by atoms with van der Waals surface area (Å²) >= 11 is 0. The Labute approximate surface area is 473 Å². The van der Waals surface area contributed by atoms with E-state index in [2.05, 4.69) is 26.1 Å². The van der Waals surface area contributed by atoms with Crippen molar-refractivity contribution in [2.75, 3.05) is 20.8 Å². The highest BCUT2D eigenvalue weighted by atomic mass is 28.4. The minimum absolute atomic E-state index is 0.0398. The normalized spacial score (nSPS) is 27.8. The first-order valence-corrected chi connectivity index (χ1v) is 33.3. The Hall–Kier alpha value is -5.71. The van der Waals surface area contributed by atoms with Gasteiger partial charge in [0.2, 0.25) is 0 Å². The predicted octanol–water partition coefficient (Wildman–Crippen LogP) is 9.81. The molecule has 1 heterocycles. The minimum atomic E-state index is -2.78. The molecule has 1 amide bonds. The molecular formula is C61H83NO16Si2. The van der Waals surface area contributed by atoms with Gasteiger partial charge in [-0.3, -0.25) is 19.2 Å². The predicted molar refractivity (Wildman–Crippen MR) is 303 cm³/mol. The van der Waals surface area contributed by atoms with Gasteiger partial charge in [0.15, 0.2) is 40.2 Å². The molecule has 3 aromatic rings. The van der Waals surface area contributed by atoms with Crippen LogP contribution in [0.4, 0.5) is 0 Å². The summed E-state index contributed by atoms with van der Waals surface area (Å²) in [7, 11) is -2.63. The van der Waals surface area contributed by atoms with E-state index in [0.717, 1.165) is 0 Å². The quantitative estimate of drug-likeness (QED) is 0.0414. The van der Waals surface area contributed by atoms with Crippen molar-refractivity contribution in [3.63, 3.8) is 0 Å². The number of aliphatic hydroxyl groups is 1. The van der Waals surface area contributed by atoms with E-state index in [0.29, 0.717) is 47.4 Å². The Kier molecular flexibility index (Phi) is 18.9. The molecule has 3 aromatic carbocycles. The number of carbonyl (C=O) groups excluding carboxylic acids is 6. The SMILES string of the molecule is CC[Si](CC)(CC)O[C@H]1C[C@H]2OC[C@@]2(OC(C)=O)[C@H]2[C@H](OC(=O)c3cc(OC)cc(OC)c3)[C@]3(O)C[C@H](OC(=O)[C@H](O[Si](CC)(CC)CC)[C@@H](NC(=O)c4ccccc4)c4ccccc4)C(C)=C([C@@H](OC(C)=O)C(=O)[C@]12C)C3(C)C. The molecule has 0 radical (unpaired) electrons. The van der Waals surface area contributed by atoms with Crippen LogP contribution in [-0.4, -0.2) is 126 Å². The molecule has 1 saturated heterocycles. The zero-order valence-corrected chi connectivity index (χ0v) is 51.1. The maximum absolute atomic E-state index is 16.7. The lowest BCUT2D eigenvalue weighted by Gasteiger charge is -2.68. The van der Waals surface area contributed by atoms with E-state index in [1.807, 2.05) is 26.8 Å². The lowest BCUT2D eigenvalue weighted by Crippen LogP contribution is -2.82. The number of ketones is 1. The molecule has 3 aliphatic carbocycles. The molecule has 17 nitrogen and oxygen atoms in total. The molecule has 7 rings (SSSR count). The summed E-state index contributed by atoms with van der Waals surface area (Å²) in [6.45, 7) is 21.0. The molecule has 0 spiro atoms. The van der Waals surface area contributed by atoms with Crippen molar-refractivity contribution >= 4 is 52.2 Å². The van der Waals surface area contributed by atoms with Crippen molar-refractivity contribution in [2.24, 2.45) is 16.7 Å². The van der Waals surface area contributed by atoms with Crippen molar-refractivity contribution in [1.82, 2.24) is 5.32 Å². The van der Waals surface area contributed by atoms with Crippen LogP contribution < -0.4 is 14.8 Å². The second-order valence-corrected chi connectivity index (χ2v) is 32.2. The number of hydrogen-bond acceptors (Lipinski definition) is 16. The number of amides is 1. The fourth-order valence-corrected chi connectivity index (χ4v) is 19.1. The number of rotatable bonds is 22. The fraction of sp³-hybridized carbons (Fsp3) is 0.574. The molecule has 2 N–H and O–H groups in total. The van der Waals surface area contributed by atoms with Crippen LogP contribution in [0.2, 0.25) is 36.3 Å². The van der Waals surface area contributed by atoms with Gasteiger partial charge in [-0.1, -0.05) is 104 Å². The van der Waals surface area contributed by atoms with Crippen molar-refractivity contribution in [3.05, 3.63) is 107 Å². The van der Waals surface area contributed by atoms with Gasteiger partial charge < -0.3 is 52.4 Å². The number of nitrogens with one attached hydrogen (secondary N) is 1. The summed E-state index contributed by atoms with van der Waals surface area (Å²) in [6.07, 6.45) is -8.83. The lowest BCUT2D eigenvalue weighted by atomic mass is 9.44. The average Bonchev–Trinajstić information content (AvgIpc) is 2.04. The lowest BCUT2D eigenvalue weighted by molar-refractivity contribution is -0.344. The number of hydrogen-bond donors (Lipinski definition) is 2. The van der Waals surface area contributed by atoms with Gasteiger partial charge in [-0.2, -0.15) is 0 Å². The van der Waals surface area contributed by atoms with Crippen LogP contribution in [0.25, 0.3) is 0 Å². The highest BCUT2D eigenvalue weighted by Gasteiger charge is 2.79.